The van der Waals surface area contributed by atoms with Gasteiger partial charge in [0.05, 0.1) is 34.5 Å². The molecule has 8 nitrogen and oxygen atoms in total. The zero-order valence-electron chi connectivity index (χ0n) is 20.1. The van der Waals surface area contributed by atoms with Crippen LogP contribution in [0.3, 0.4) is 0 Å². The van der Waals surface area contributed by atoms with E-state index in [0.717, 1.165) is 12.1 Å². The number of ether oxygens (including phenoxy) is 1. The summed E-state index contributed by atoms with van der Waals surface area (Å²) in [4.78, 5) is 19.6. The normalized spacial score (nSPS) is 15.2. The lowest BCUT2D eigenvalue weighted by molar-refractivity contribution is -0.123. The molecule has 0 atom stereocenters. The number of methoxy groups -OCH3 is 1. The van der Waals surface area contributed by atoms with Crippen molar-refractivity contribution in [2.75, 3.05) is 25.1 Å². The van der Waals surface area contributed by atoms with Crippen LogP contribution in [0.25, 0.3) is 10.2 Å². The van der Waals surface area contributed by atoms with E-state index in [1.54, 1.807) is 24.3 Å². The number of nitrogens with zero attached hydrogens (tertiary/aromatic N) is 3. The Morgan fingerprint density at radius 1 is 1.21 bits per heavy atom. The predicted octanol–water partition coefficient (Wildman–Crippen LogP) is 5.46. The molecule has 0 unspecified atom stereocenters. The number of amides is 1. The van der Waals surface area contributed by atoms with E-state index in [4.69, 9.17) is 20.8 Å². The highest BCUT2D eigenvalue weighted by molar-refractivity contribution is 7.89. The zero-order valence-corrected chi connectivity index (χ0v) is 22.5. The number of rotatable bonds is 7. The third-order valence-electron chi connectivity index (χ3n) is 6.39. The van der Waals surface area contributed by atoms with Crippen LogP contribution in [0.15, 0.2) is 58.0 Å². The Morgan fingerprint density at radius 3 is 2.63 bits per heavy atom. The summed E-state index contributed by atoms with van der Waals surface area (Å²) < 4.78 is 65.7. The monoisotopic (exact) mass is 581 g/mol. The number of thiazole rings is 1. The van der Waals surface area contributed by atoms with E-state index in [-0.39, 0.29) is 43.3 Å². The Hall–Kier alpha value is -3.06. The van der Waals surface area contributed by atoms with Crippen LogP contribution in [0.4, 0.5) is 13.9 Å². The largest absolute Gasteiger partial charge is 0.494 e. The van der Waals surface area contributed by atoms with Gasteiger partial charge in [-0.3, -0.25) is 9.69 Å². The molecule has 4 aromatic rings. The molecule has 0 radical (unpaired) electrons. The van der Waals surface area contributed by atoms with Gasteiger partial charge in [0.2, 0.25) is 15.9 Å². The maximum Gasteiger partial charge on any atom is 0.243 e. The lowest BCUT2D eigenvalue weighted by atomic mass is 9.96. The Kier molecular flexibility index (Phi) is 7.40. The van der Waals surface area contributed by atoms with Gasteiger partial charge in [0.1, 0.15) is 17.0 Å². The third kappa shape index (κ3) is 5.00. The van der Waals surface area contributed by atoms with E-state index in [2.05, 4.69) is 4.98 Å². The Labute approximate surface area is 226 Å². The Balaban J connectivity index is 1.39. The van der Waals surface area contributed by atoms with Crippen LogP contribution in [0.1, 0.15) is 18.6 Å². The number of hydrogen-bond acceptors (Lipinski definition) is 7. The molecule has 1 aliphatic heterocycles. The van der Waals surface area contributed by atoms with Gasteiger partial charge in [0.25, 0.3) is 0 Å². The number of carbonyl (C=O) groups is 1. The van der Waals surface area contributed by atoms with Crippen LogP contribution in [0, 0.1) is 17.6 Å². The fraction of sp³-hybridized carbons (Fsp3) is 0.280. The van der Waals surface area contributed by atoms with Gasteiger partial charge in [-0.2, -0.15) is 4.31 Å². The molecule has 0 N–H and O–H groups in total. The number of anilines is 1. The second-order valence-corrected chi connectivity index (χ2v) is 12.0. The lowest BCUT2D eigenvalue weighted by Gasteiger charge is -2.32. The van der Waals surface area contributed by atoms with Crippen molar-refractivity contribution in [1.82, 2.24) is 9.29 Å². The molecule has 2 aromatic heterocycles. The molecule has 38 heavy (non-hydrogen) atoms. The number of benzene rings is 2. The maximum atomic E-state index is 13.8. The highest BCUT2D eigenvalue weighted by Crippen LogP contribution is 2.40. The highest BCUT2D eigenvalue weighted by Gasteiger charge is 2.36. The van der Waals surface area contributed by atoms with Gasteiger partial charge in [-0.25, -0.2) is 22.2 Å². The van der Waals surface area contributed by atoms with Gasteiger partial charge < -0.3 is 9.15 Å². The zero-order chi connectivity index (χ0) is 27.0. The maximum absolute atomic E-state index is 13.8. The molecule has 1 aliphatic rings. The molecule has 3 heterocycles. The number of sulfonamides is 1. The standard InChI is InChI=1S/C25H22ClF2N3O5S2/c1-35-21-7-5-18(26)23-22(21)29-25(37-23)31(14-16-3-2-12-36-16)24(32)15-8-10-30(11-9-15)38(33,34)17-4-6-19(27)20(28)13-17/h2-7,12-13,15H,8-11,14H2,1H3. The van der Waals surface area contributed by atoms with Crippen LogP contribution in [-0.2, 0) is 21.4 Å². The molecule has 0 aliphatic carbocycles. The van der Waals surface area contributed by atoms with Gasteiger partial charge in [-0.1, -0.05) is 22.9 Å². The third-order valence-corrected chi connectivity index (χ3v) is 9.82. The Morgan fingerprint density at radius 2 is 1.97 bits per heavy atom. The van der Waals surface area contributed by atoms with Crippen LogP contribution in [0.5, 0.6) is 5.75 Å². The molecule has 0 spiro atoms. The van der Waals surface area contributed by atoms with Gasteiger partial charge in [-0.05, 0) is 55.3 Å². The SMILES string of the molecule is COc1ccc(Cl)c2sc(N(Cc3ccco3)C(=O)C3CCN(S(=O)(=O)c4ccc(F)c(F)c4)CC3)nc12. The summed E-state index contributed by atoms with van der Waals surface area (Å²) in [5, 5.41) is 0.885. The van der Waals surface area contributed by atoms with E-state index in [1.807, 2.05) is 0 Å². The van der Waals surface area contributed by atoms with E-state index >= 15 is 0 Å². The number of carbonyl (C=O) groups excluding carboxylic acids is 1. The highest BCUT2D eigenvalue weighted by atomic mass is 35.5. The minimum absolute atomic E-state index is 0.0474. The van der Waals surface area contributed by atoms with Crippen LogP contribution >= 0.6 is 22.9 Å². The summed E-state index contributed by atoms with van der Waals surface area (Å²) >= 11 is 7.64. The summed E-state index contributed by atoms with van der Waals surface area (Å²) in [6, 6.07) is 9.35. The van der Waals surface area contributed by atoms with Crippen molar-refractivity contribution in [1.29, 1.82) is 0 Å². The minimum Gasteiger partial charge on any atom is -0.494 e. The molecule has 13 heteroatoms. The van der Waals surface area contributed by atoms with Crippen molar-refractivity contribution in [3.05, 3.63) is 71.1 Å². The molecular formula is C25H22ClF2N3O5S2. The number of hydrogen-bond donors (Lipinski definition) is 0. The fourth-order valence-corrected chi connectivity index (χ4v) is 7.11. The van der Waals surface area contributed by atoms with E-state index < -0.39 is 27.6 Å². The van der Waals surface area contributed by atoms with E-state index in [9.17, 15) is 22.0 Å². The quantitative estimate of drug-likeness (QED) is 0.288. The molecular weight excluding hydrogens is 560 g/mol. The molecule has 200 valence electrons. The number of halogens is 3. The van der Waals surface area contributed by atoms with Crippen LogP contribution in [0.2, 0.25) is 5.02 Å². The first kappa shape index (κ1) is 26.5. The molecule has 1 fully saturated rings. The van der Waals surface area contributed by atoms with Crippen molar-refractivity contribution in [3.63, 3.8) is 0 Å². The van der Waals surface area contributed by atoms with Crippen LogP contribution in [-0.4, -0.2) is 43.8 Å². The molecule has 0 bridgehead atoms. The number of furan rings is 1. The first-order valence-corrected chi connectivity index (χ1v) is 14.2. The molecule has 1 amide bonds. The fourth-order valence-electron chi connectivity index (χ4n) is 4.37. The molecule has 1 saturated heterocycles. The summed E-state index contributed by atoms with van der Waals surface area (Å²) in [5.41, 5.74) is 0.532. The topological polar surface area (TPSA) is 93.0 Å². The summed E-state index contributed by atoms with van der Waals surface area (Å²) in [5.74, 6) is -2.02. The van der Waals surface area contributed by atoms with E-state index in [0.29, 0.717) is 37.9 Å². The predicted molar refractivity (Wildman–Crippen MR) is 139 cm³/mol. The number of aromatic nitrogens is 1. The van der Waals surface area contributed by atoms with Crippen LogP contribution < -0.4 is 9.64 Å². The first-order chi connectivity index (χ1) is 18.2. The van der Waals surface area contributed by atoms with Crippen molar-refractivity contribution in [2.45, 2.75) is 24.3 Å². The average Bonchev–Trinajstić information content (AvgIpc) is 3.59. The van der Waals surface area contributed by atoms with Gasteiger partial charge in [0.15, 0.2) is 16.8 Å². The second-order valence-electron chi connectivity index (χ2n) is 8.68. The molecule has 2 aromatic carbocycles. The summed E-state index contributed by atoms with van der Waals surface area (Å²) in [7, 11) is -2.52. The van der Waals surface area contributed by atoms with Gasteiger partial charge >= 0.3 is 0 Å². The first-order valence-electron chi connectivity index (χ1n) is 11.6. The summed E-state index contributed by atoms with van der Waals surface area (Å²) in [6.45, 7) is 0.219. The lowest BCUT2D eigenvalue weighted by Crippen LogP contribution is -2.44. The molecule has 0 saturated carbocycles. The second kappa shape index (κ2) is 10.6. The van der Waals surface area contributed by atoms with Crippen molar-refractivity contribution >= 4 is 54.2 Å². The Bertz CT molecular complexity index is 1590. The van der Waals surface area contributed by atoms with Crippen molar-refractivity contribution in [3.8, 4) is 5.75 Å². The number of fused-ring (bicyclic) bond motifs is 1. The summed E-state index contributed by atoms with van der Waals surface area (Å²) in [6.07, 6.45) is 1.99. The van der Waals surface area contributed by atoms with Gasteiger partial charge in [0, 0.05) is 19.0 Å². The molecule has 5 rings (SSSR count). The average molecular weight is 582 g/mol. The number of piperidine rings is 1. The van der Waals surface area contributed by atoms with E-state index in [1.165, 1.54) is 33.9 Å². The van der Waals surface area contributed by atoms with Gasteiger partial charge in [-0.15, -0.1) is 0 Å². The smallest absolute Gasteiger partial charge is 0.243 e. The van der Waals surface area contributed by atoms with Crippen molar-refractivity contribution in [2.24, 2.45) is 5.92 Å². The van der Waals surface area contributed by atoms with Crippen molar-refractivity contribution < 1.29 is 31.1 Å². The minimum atomic E-state index is -4.05.